The highest BCUT2D eigenvalue weighted by Gasteiger charge is 2.34. The SMILES string of the molecule is Cc1c(N)cccc1-c1noc(-c2noc3c2CC(C(C)(C)C)CC3)n1. The second-order valence-electron chi connectivity index (χ2n) is 8.18. The fourth-order valence-corrected chi connectivity index (χ4v) is 3.64. The Morgan fingerprint density at radius 3 is 2.73 bits per heavy atom. The first-order chi connectivity index (χ1) is 12.3. The Hall–Kier alpha value is -2.63. The number of anilines is 1. The summed E-state index contributed by atoms with van der Waals surface area (Å²) in [5.74, 6) is 2.44. The van der Waals surface area contributed by atoms with Gasteiger partial charge in [-0.15, -0.1) is 0 Å². The van der Waals surface area contributed by atoms with E-state index in [1.54, 1.807) is 0 Å². The average Bonchev–Trinajstić information content (AvgIpc) is 3.22. The lowest BCUT2D eigenvalue weighted by atomic mass is 9.71. The molecule has 3 aromatic rings. The summed E-state index contributed by atoms with van der Waals surface area (Å²) in [5.41, 5.74) is 10.5. The molecule has 1 aromatic carbocycles. The predicted octanol–water partition coefficient (Wildman–Crippen LogP) is 4.43. The Kier molecular flexibility index (Phi) is 3.86. The van der Waals surface area contributed by atoms with E-state index in [2.05, 4.69) is 36.1 Å². The van der Waals surface area contributed by atoms with E-state index < -0.39 is 0 Å². The highest BCUT2D eigenvalue weighted by molar-refractivity contribution is 5.68. The topological polar surface area (TPSA) is 91.0 Å². The third kappa shape index (κ3) is 2.79. The standard InChI is InChI=1S/C20H24N4O2/c1-11-13(6-5-7-15(11)21)18-22-19(26-24-18)17-14-10-12(20(2,3)4)8-9-16(14)25-23-17/h5-7,12H,8-10,21H2,1-4H3. The second-order valence-corrected chi connectivity index (χ2v) is 8.18. The lowest BCUT2D eigenvalue weighted by molar-refractivity contribution is 0.206. The summed E-state index contributed by atoms with van der Waals surface area (Å²) in [5, 5.41) is 8.37. The van der Waals surface area contributed by atoms with Crippen LogP contribution in [0.25, 0.3) is 23.0 Å². The van der Waals surface area contributed by atoms with Gasteiger partial charge in [-0.25, -0.2) is 0 Å². The van der Waals surface area contributed by atoms with Gasteiger partial charge in [0.05, 0.1) is 0 Å². The molecule has 2 heterocycles. The fourth-order valence-electron chi connectivity index (χ4n) is 3.64. The first kappa shape index (κ1) is 16.8. The van der Waals surface area contributed by atoms with Crippen LogP contribution in [0.3, 0.4) is 0 Å². The number of nitrogens with zero attached hydrogens (tertiary/aromatic N) is 3. The average molecular weight is 352 g/mol. The Morgan fingerprint density at radius 1 is 1.15 bits per heavy atom. The van der Waals surface area contributed by atoms with Crippen molar-refractivity contribution in [3.8, 4) is 23.0 Å². The Labute approximate surface area is 152 Å². The van der Waals surface area contributed by atoms with Gasteiger partial charge in [0, 0.05) is 23.2 Å². The normalized spacial score (nSPS) is 17.3. The molecule has 0 aliphatic heterocycles. The smallest absolute Gasteiger partial charge is 0.280 e. The van der Waals surface area contributed by atoms with E-state index in [1.807, 2.05) is 25.1 Å². The number of aryl methyl sites for hydroxylation is 1. The Balaban J connectivity index is 1.70. The molecule has 4 rings (SSSR count). The molecule has 1 atom stereocenters. The van der Waals surface area contributed by atoms with Crippen molar-refractivity contribution in [1.82, 2.24) is 15.3 Å². The molecule has 0 spiro atoms. The van der Waals surface area contributed by atoms with Crippen molar-refractivity contribution in [1.29, 1.82) is 0 Å². The van der Waals surface area contributed by atoms with E-state index >= 15 is 0 Å². The lowest BCUT2D eigenvalue weighted by Crippen LogP contribution is -2.26. The highest BCUT2D eigenvalue weighted by Crippen LogP contribution is 2.40. The Bertz CT molecular complexity index is 949. The van der Waals surface area contributed by atoms with Gasteiger partial charge in [-0.05, 0) is 42.7 Å². The number of hydrogen-bond donors (Lipinski definition) is 1. The summed E-state index contributed by atoms with van der Waals surface area (Å²) < 4.78 is 11.1. The van der Waals surface area contributed by atoms with Crippen LogP contribution in [-0.2, 0) is 12.8 Å². The number of nitrogens with two attached hydrogens (primary N) is 1. The number of fused-ring (bicyclic) bond motifs is 1. The van der Waals surface area contributed by atoms with Crippen LogP contribution in [0.1, 0.15) is 44.1 Å². The molecule has 1 unspecified atom stereocenters. The minimum absolute atomic E-state index is 0.241. The van der Waals surface area contributed by atoms with Crippen LogP contribution in [0, 0.1) is 18.3 Å². The zero-order chi connectivity index (χ0) is 18.5. The van der Waals surface area contributed by atoms with Crippen LogP contribution in [0.5, 0.6) is 0 Å². The Morgan fingerprint density at radius 2 is 1.96 bits per heavy atom. The monoisotopic (exact) mass is 352 g/mol. The third-order valence-electron chi connectivity index (χ3n) is 5.51. The van der Waals surface area contributed by atoms with E-state index in [9.17, 15) is 0 Å². The van der Waals surface area contributed by atoms with Crippen LogP contribution in [0.15, 0.2) is 27.2 Å². The number of benzene rings is 1. The molecule has 0 amide bonds. The van der Waals surface area contributed by atoms with Gasteiger partial charge in [-0.1, -0.05) is 43.2 Å². The fraction of sp³-hybridized carbons (Fsp3) is 0.450. The molecule has 0 saturated carbocycles. The van der Waals surface area contributed by atoms with Gasteiger partial charge in [-0.3, -0.25) is 0 Å². The van der Waals surface area contributed by atoms with Gasteiger partial charge in [0.25, 0.3) is 5.89 Å². The van der Waals surface area contributed by atoms with Crippen LogP contribution in [0.4, 0.5) is 5.69 Å². The van der Waals surface area contributed by atoms with E-state index in [-0.39, 0.29) is 5.41 Å². The molecule has 0 fully saturated rings. The molecule has 136 valence electrons. The molecular formula is C20H24N4O2. The van der Waals surface area contributed by atoms with Crippen molar-refractivity contribution in [2.24, 2.45) is 11.3 Å². The van der Waals surface area contributed by atoms with Crippen molar-refractivity contribution in [3.05, 3.63) is 35.1 Å². The van der Waals surface area contributed by atoms with Crippen molar-refractivity contribution in [2.75, 3.05) is 5.73 Å². The molecule has 0 saturated heterocycles. The molecule has 6 heteroatoms. The van der Waals surface area contributed by atoms with Crippen molar-refractivity contribution in [3.63, 3.8) is 0 Å². The van der Waals surface area contributed by atoms with Gasteiger partial charge < -0.3 is 14.8 Å². The molecule has 0 radical (unpaired) electrons. The van der Waals surface area contributed by atoms with E-state index in [0.717, 1.165) is 41.7 Å². The first-order valence-corrected chi connectivity index (χ1v) is 9.01. The first-order valence-electron chi connectivity index (χ1n) is 9.01. The largest absolute Gasteiger partial charge is 0.398 e. The minimum atomic E-state index is 0.241. The summed E-state index contributed by atoms with van der Waals surface area (Å²) >= 11 is 0. The van der Waals surface area contributed by atoms with Gasteiger partial charge in [0.2, 0.25) is 5.82 Å². The summed E-state index contributed by atoms with van der Waals surface area (Å²) in [6.07, 6.45) is 2.94. The van der Waals surface area contributed by atoms with Crippen LogP contribution >= 0.6 is 0 Å². The maximum absolute atomic E-state index is 5.99. The van der Waals surface area contributed by atoms with Crippen molar-refractivity contribution >= 4 is 5.69 Å². The molecule has 2 aromatic heterocycles. The number of rotatable bonds is 2. The van der Waals surface area contributed by atoms with Crippen LogP contribution < -0.4 is 5.73 Å². The molecule has 0 bridgehead atoms. The molecule has 26 heavy (non-hydrogen) atoms. The van der Waals surface area contributed by atoms with E-state index in [4.69, 9.17) is 14.8 Å². The molecule has 2 N–H and O–H groups in total. The zero-order valence-electron chi connectivity index (χ0n) is 15.7. The molecule has 1 aliphatic carbocycles. The quantitative estimate of drug-likeness (QED) is 0.686. The van der Waals surface area contributed by atoms with Gasteiger partial charge >= 0.3 is 0 Å². The maximum Gasteiger partial charge on any atom is 0.280 e. The summed E-state index contributed by atoms with van der Waals surface area (Å²) in [7, 11) is 0. The molecule has 1 aliphatic rings. The highest BCUT2D eigenvalue weighted by atomic mass is 16.5. The maximum atomic E-state index is 5.99. The van der Waals surface area contributed by atoms with E-state index in [0.29, 0.717) is 29.0 Å². The lowest BCUT2D eigenvalue weighted by Gasteiger charge is -2.33. The van der Waals surface area contributed by atoms with Crippen molar-refractivity contribution in [2.45, 2.75) is 47.0 Å². The summed E-state index contributed by atoms with van der Waals surface area (Å²) in [6, 6.07) is 5.69. The van der Waals surface area contributed by atoms with E-state index in [1.165, 1.54) is 0 Å². The minimum Gasteiger partial charge on any atom is -0.398 e. The number of aromatic nitrogens is 3. The zero-order valence-corrected chi connectivity index (χ0v) is 15.7. The van der Waals surface area contributed by atoms with Gasteiger partial charge in [0.1, 0.15) is 5.76 Å². The van der Waals surface area contributed by atoms with Crippen molar-refractivity contribution < 1.29 is 9.05 Å². The second kappa shape index (κ2) is 5.97. The van der Waals surface area contributed by atoms with Crippen LogP contribution in [-0.4, -0.2) is 15.3 Å². The predicted molar refractivity (Wildman–Crippen MR) is 99.4 cm³/mol. The number of nitrogen functional groups attached to an aromatic ring is 1. The molecule has 6 nitrogen and oxygen atoms in total. The third-order valence-corrected chi connectivity index (χ3v) is 5.51. The van der Waals surface area contributed by atoms with Crippen LogP contribution in [0.2, 0.25) is 0 Å². The van der Waals surface area contributed by atoms with Gasteiger partial charge in [0.15, 0.2) is 5.69 Å². The van der Waals surface area contributed by atoms with Gasteiger partial charge in [-0.2, -0.15) is 4.98 Å². The summed E-state index contributed by atoms with van der Waals surface area (Å²) in [6.45, 7) is 8.79. The number of hydrogen-bond acceptors (Lipinski definition) is 6. The molecular weight excluding hydrogens is 328 g/mol. The summed E-state index contributed by atoms with van der Waals surface area (Å²) in [4.78, 5) is 4.56.